The lowest BCUT2D eigenvalue weighted by molar-refractivity contribution is -0.253. The van der Waals surface area contributed by atoms with E-state index in [1.165, 1.54) is 0 Å². The van der Waals surface area contributed by atoms with E-state index < -0.39 is 30.7 Å². The van der Waals surface area contributed by atoms with Crippen molar-refractivity contribution in [3.05, 3.63) is 0 Å². The molecule has 1 fully saturated rings. The van der Waals surface area contributed by atoms with Gasteiger partial charge in [0.2, 0.25) is 5.91 Å². The number of aliphatic hydroxyl groups is 1. The molecule has 0 aliphatic carbocycles. The number of hydrogen-bond donors (Lipinski definition) is 1. The zero-order valence-corrected chi connectivity index (χ0v) is 7.90. The number of likely N-dealkylation sites (tertiary alicyclic amines) is 1. The third-order valence-electron chi connectivity index (χ3n) is 2.24. The first-order chi connectivity index (χ1) is 6.30. The lowest BCUT2D eigenvalue weighted by Gasteiger charge is -2.25. The van der Waals surface area contributed by atoms with Crippen molar-refractivity contribution >= 4 is 17.5 Å². The normalized spacial score (nSPS) is 28.2. The zero-order chi connectivity index (χ0) is 11.0. The van der Waals surface area contributed by atoms with Crippen LogP contribution in [0.1, 0.15) is 6.42 Å². The van der Waals surface area contributed by atoms with E-state index in [-0.39, 0.29) is 12.4 Å². The minimum Gasteiger partial charge on any atom is -0.379 e. The highest BCUT2D eigenvalue weighted by Gasteiger charge is 2.57. The van der Waals surface area contributed by atoms with Gasteiger partial charge in [-0.3, -0.25) is 4.79 Å². The fourth-order valence-electron chi connectivity index (χ4n) is 1.32. The van der Waals surface area contributed by atoms with E-state index >= 15 is 0 Å². The van der Waals surface area contributed by atoms with Gasteiger partial charge in [-0.05, 0) is 0 Å². The molecule has 0 aromatic rings. The van der Waals surface area contributed by atoms with Crippen molar-refractivity contribution in [2.75, 3.05) is 19.0 Å². The molecule has 0 radical (unpaired) electrons. The molecular formula is C7H9ClF3NO2. The quantitative estimate of drug-likeness (QED) is 0.677. The SMILES string of the molecule is O=C(CCl)N1CCC(O)(C(F)(F)F)C1. The minimum absolute atomic E-state index is 0.110. The molecule has 0 aromatic carbocycles. The van der Waals surface area contributed by atoms with Gasteiger partial charge in [-0.15, -0.1) is 11.6 Å². The largest absolute Gasteiger partial charge is 0.419 e. The molecule has 0 bridgehead atoms. The fraction of sp³-hybridized carbons (Fsp3) is 0.857. The van der Waals surface area contributed by atoms with Crippen molar-refractivity contribution in [1.29, 1.82) is 0 Å². The topological polar surface area (TPSA) is 40.5 Å². The molecule has 0 aromatic heterocycles. The highest BCUT2D eigenvalue weighted by molar-refractivity contribution is 6.27. The average molecular weight is 232 g/mol. The molecule has 1 N–H and O–H groups in total. The standard InChI is InChI=1S/C7H9ClF3NO2/c8-3-5(13)12-2-1-6(14,4-12)7(9,10)11/h14H,1-4H2. The number of amides is 1. The van der Waals surface area contributed by atoms with Gasteiger partial charge in [0.25, 0.3) is 0 Å². The highest BCUT2D eigenvalue weighted by atomic mass is 35.5. The summed E-state index contributed by atoms with van der Waals surface area (Å²) in [5.41, 5.74) is -2.77. The van der Waals surface area contributed by atoms with Crippen molar-refractivity contribution in [1.82, 2.24) is 4.90 Å². The van der Waals surface area contributed by atoms with E-state index in [1.807, 2.05) is 0 Å². The van der Waals surface area contributed by atoms with Gasteiger partial charge in [0, 0.05) is 13.0 Å². The number of halogens is 4. The van der Waals surface area contributed by atoms with Crippen molar-refractivity contribution in [2.24, 2.45) is 0 Å². The number of β-amino-alcohol motifs (C(OH)–C–C–N with tert-alkyl or cyclic N) is 1. The molecule has 1 aliphatic rings. The molecule has 0 spiro atoms. The van der Waals surface area contributed by atoms with E-state index in [4.69, 9.17) is 11.6 Å². The van der Waals surface area contributed by atoms with Gasteiger partial charge in [-0.2, -0.15) is 13.2 Å². The molecule has 82 valence electrons. The van der Waals surface area contributed by atoms with Crippen molar-refractivity contribution in [2.45, 2.75) is 18.2 Å². The maximum atomic E-state index is 12.3. The Morgan fingerprint density at radius 2 is 2.14 bits per heavy atom. The second kappa shape index (κ2) is 3.58. The number of rotatable bonds is 1. The Labute approximate surface area is 83.4 Å². The number of alkyl halides is 4. The van der Waals surface area contributed by atoms with Gasteiger partial charge < -0.3 is 10.0 Å². The maximum absolute atomic E-state index is 12.3. The number of hydrogen-bond acceptors (Lipinski definition) is 2. The molecule has 1 heterocycles. The first-order valence-corrected chi connectivity index (χ1v) is 4.46. The third kappa shape index (κ3) is 1.95. The molecule has 0 saturated carbocycles. The summed E-state index contributed by atoms with van der Waals surface area (Å²) in [6.45, 7) is -0.830. The van der Waals surface area contributed by atoms with Crippen LogP contribution in [0.3, 0.4) is 0 Å². The predicted octanol–water partition coefficient (Wildman–Crippen LogP) is 0.751. The first-order valence-electron chi connectivity index (χ1n) is 3.93. The Balaban J connectivity index is 2.69. The van der Waals surface area contributed by atoms with Crippen LogP contribution in [0.5, 0.6) is 0 Å². The molecule has 7 heteroatoms. The van der Waals surface area contributed by atoms with E-state index in [0.717, 1.165) is 4.90 Å². The summed E-state index contributed by atoms with van der Waals surface area (Å²) in [5.74, 6) is -0.958. The van der Waals surface area contributed by atoms with Crippen molar-refractivity contribution in [3.8, 4) is 0 Å². The summed E-state index contributed by atoms with van der Waals surface area (Å²) in [4.78, 5) is 11.9. The Hall–Kier alpha value is -0.490. The smallest absolute Gasteiger partial charge is 0.379 e. The van der Waals surface area contributed by atoms with Gasteiger partial charge in [0.1, 0.15) is 5.88 Å². The molecule has 14 heavy (non-hydrogen) atoms. The number of carbonyl (C=O) groups is 1. The summed E-state index contributed by atoms with van der Waals surface area (Å²) in [6.07, 6.45) is -5.19. The highest BCUT2D eigenvalue weighted by Crippen LogP contribution is 2.37. The fourth-order valence-corrected chi connectivity index (χ4v) is 1.49. The summed E-state index contributed by atoms with van der Waals surface area (Å²) in [5, 5.41) is 9.18. The maximum Gasteiger partial charge on any atom is 0.419 e. The van der Waals surface area contributed by atoms with Crippen LogP contribution >= 0.6 is 11.6 Å². The second-order valence-corrected chi connectivity index (χ2v) is 3.50. The van der Waals surface area contributed by atoms with Gasteiger partial charge in [-0.1, -0.05) is 0 Å². The second-order valence-electron chi connectivity index (χ2n) is 3.23. The van der Waals surface area contributed by atoms with E-state index in [2.05, 4.69) is 0 Å². The van der Waals surface area contributed by atoms with Crippen molar-refractivity contribution < 1.29 is 23.1 Å². The number of carbonyl (C=O) groups excluding carboxylic acids is 1. The Bertz CT molecular complexity index is 246. The molecule has 1 unspecified atom stereocenters. The molecule has 1 rings (SSSR count). The van der Waals surface area contributed by atoms with Crippen molar-refractivity contribution in [3.63, 3.8) is 0 Å². The van der Waals surface area contributed by atoms with E-state index in [0.29, 0.717) is 0 Å². The summed E-state index contributed by atoms with van der Waals surface area (Å²) in [7, 11) is 0. The van der Waals surface area contributed by atoms with Crippen LogP contribution in [0.2, 0.25) is 0 Å². The Morgan fingerprint density at radius 3 is 2.50 bits per heavy atom. The predicted molar refractivity (Wildman–Crippen MR) is 42.9 cm³/mol. The third-order valence-corrected chi connectivity index (χ3v) is 2.47. The monoisotopic (exact) mass is 231 g/mol. The summed E-state index contributed by atoms with van der Waals surface area (Å²) >= 11 is 5.19. The number of nitrogens with zero attached hydrogens (tertiary/aromatic N) is 1. The summed E-state index contributed by atoms with van der Waals surface area (Å²) in [6, 6.07) is 0. The molecule has 1 amide bonds. The van der Waals surface area contributed by atoms with Gasteiger partial charge in [0.15, 0.2) is 5.60 Å². The lowest BCUT2D eigenvalue weighted by Crippen LogP contribution is -2.48. The molecule has 3 nitrogen and oxygen atoms in total. The summed E-state index contributed by atoms with van der Waals surface area (Å²) < 4.78 is 36.8. The minimum atomic E-state index is -4.70. The zero-order valence-electron chi connectivity index (χ0n) is 7.14. The van der Waals surface area contributed by atoms with Crippen LogP contribution in [-0.4, -0.2) is 46.7 Å². The Kier molecular flexibility index (Phi) is 2.96. The van der Waals surface area contributed by atoms with Crippen LogP contribution in [0.4, 0.5) is 13.2 Å². The molecular weight excluding hydrogens is 223 g/mol. The van der Waals surface area contributed by atoms with Gasteiger partial charge >= 0.3 is 6.18 Å². The van der Waals surface area contributed by atoms with Crippen LogP contribution in [0, 0.1) is 0 Å². The van der Waals surface area contributed by atoms with Gasteiger partial charge in [0.05, 0.1) is 6.54 Å². The molecule has 1 saturated heterocycles. The molecule has 1 atom stereocenters. The van der Waals surface area contributed by atoms with Crippen LogP contribution in [0.25, 0.3) is 0 Å². The lowest BCUT2D eigenvalue weighted by atomic mass is 10.0. The van der Waals surface area contributed by atoms with Crippen LogP contribution in [-0.2, 0) is 4.79 Å². The molecule has 1 aliphatic heterocycles. The van der Waals surface area contributed by atoms with E-state index in [9.17, 15) is 23.1 Å². The van der Waals surface area contributed by atoms with Crippen LogP contribution < -0.4 is 0 Å². The average Bonchev–Trinajstić information content (AvgIpc) is 2.47. The van der Waals surface area contributed by atoms with Crippen LogP contribution in [0.15, 0.2) is 0 Å². The Morgan fingerprint density at radius 1 is 1.57 bits per heavy atom. The first kappa shape index (κ1) is 11.6. The van der Waals surface area contributed by atoms with Gasteiger partial charge in [-0.25, -0.2) is 0 Å². The van der Waals surface area contributed by atoms with E-state index in [1.54, 1.807) is 0 Å².